The second kappa shape index (κ2) is 8.57. The number of hydrogen-bond acceptors (Lipinski definition) is 5. The van der Waals surface area contributed by atoms with Gasteiger partial charge in [0.25, 0.3) is 5.91 Å². The molecule has 3 atom stereocenters. The second-order valence-electron chi connectivity index (χ2n) is 9.13. The summed E-state index contributed by atoms with van der Waals surface area (Å²) < 4.78 is 20.5. The minimum Gasteiger partial charge on any atom is -0.372 e. The predicted octanol–water partition coefficient (Wildman–Crippen LogP) is 2.28. The van der Waals surface area contributed by atoms with Gasteiger partial charge in [-0.1, -0.05) is 0 Å². The third-order valence-corrected chi connectivity index (χ3v) is 6.63. The number of rotatable bonds is 3. The lowest BCUT2D eigenvalue weighted by molar-refractivity contribution is -0.125. The van der Waals surface area contributed by atoms with Gasteiger partial charge in [-0.3, -0.25) is 10.1 Å². The molecule has 0 bridgehead atoms. The number of urea groups is 2. The summed E-state index contributed by atoms with van der Waals surface area (Å²) in [6.45, 7) is 7.75. The Bertz CT molecular complexity index is 910. The molecule has 0 saturated carbocycles. The molecule has 1 aromatic carbocycles. The molecular weight excluding hydrogens is 417 g/mol. The fourth-order valence-corrected chi connectivity index (χ4v) is 4.92. The van der Waals surface area contributed by atoms with Gasteiger partial charge in [-0.15, -0.1) is 0 Å². The van der Waals surface area contributed by atoms with E-state index < -0.39 is 17.4 Å². The van der Waals surface area contributed by atoms with Crippen molar-refractivity contribution >= 4 is 29.3 Å². The van der Waals surface area contributed by atoms with Crippen LogP contribution < -0.4 is 20.9 Å². The number of carbonyl (C=O) groups excluding carboxylic acids is 3. The minimum atomic E-state index is -0.951. The van der Waals surface area contributed by atoms with Crippen molar-refractivity contribution in [3.05, 3.63) is 24.0 Å². The lowest BCUT2D eigenvalue weighted by atomic mass is 9.79. The number of amides is 5. The van der Waals surface area contributed by atoms with E-state index in [0.717, 1.165) is 0 Å². The van der Waals surface area contributed by atoms with Crippen molar-refractivity contribution in [2.45, 2.75) is 51.4 Å². The van der Waals surface area contributed by atoms with Gasteiger partial charge in [0, 0.05) is 31.9 Å². The Balaban J connectivity index is 1.34. The van der Waals surface area contributed by atoms with Gasteiger partial charge in [-0.2, -0.15) is 0 Å². The molecule has 4 rings (SSSR count). The number of benzene rings is 1. The first-order valence-corrected chi connectivity index (χ1v) is 11.0. The molecule has 0 aliphatic carbocycles. The Morgan fingerprint density at radius 2 is 1.84 bits per heavy atom. The summed E-state index contributed by atoms with van der Waals surface area (Å²) >= 11 is 0. The minimum absolute atomic E-state index is 0.0198. The summed E-state index contributed by atoms with van der Waals surface area (Å²) in [4.78, 5) is 40.0. The largest absolute Gasteiger partial charge is 0.372 e. The normalized spacial score (nSPS) is 29.0. The molecule has 0 radical (unpaired) electrons. The molecule has 0 aromatic heterocycles. The number of imide groups is 1. The first kappa shape index (κ1) is 22.3. The summed E-state index contributed by atoms with van der Waals surface area (Å²) in [6.07, 6.45) is 1.20. The van der Waals surface area contributed by atoms with Gasteiger partial charge < -0.3 is 25.2 Å². The first-order valence-electron chi connectivity index (χ1n) is 11.0. The Kier molecular flexibility index (Phi) is 5.98. The molecule has 3 aliphatic heterocycles. The third-order valence-electron chi connectivity index (χ3n) is 6.63. The molecule has 3 N–H and O–H groups in total. The number of ether oxygens (including phenoxy) is 1. The van der Waals surface area contributed by atoms with E-state index >= 15 is 0 Å². The molecule has 5 amide bonds. The van der Waals surface area contributed by atoms with Crippen molar-refractivity contribution in [2.75, 3.05) is 36.4 Å². The summed E-state index contributed by atoms with van der Waals surface area (Å²) in [5.74, 6) is -0.781. The lowest BCUT2D eigenvalue weighted by Gasteiger charge is -2.38. The Hall–Kier alpha value is -2.88. The number of piperidine rings is 1. The van der Waals surface area contributed by atoms with Crippen LogP contribution in [-0.4, -0.2) is 66.8 Å². The van der Waals surface area contributed by atoms with E-state index in [4.69, 9.17) is 4.74 Å². The summed E-state index contributed by atoms with van der Waals surface area (Å²) in [7, 11) is 0. The van der Waals surface area contributed by atoms with Crippen LogP contribution in [0.25, 0.3) is 0 Å². The van der Waals surface area contributed by atoms with E-state index in [1.807, 2.05) is 18.7 Å². The van der Waals surface area contributed by atoms with Crippen molar-refractivity contribution in [3.8, 4) is 0 Å². The van der Waals surface area contributed by atoms with E-state index in [9.17, 15) is 18.8 Å². The highest BCUT2D eigenvalue weighted by molar-refractivity contribution is 6.07. The summed E-state index contributed by atoms with van der Waals surface area (Å²) in [5.41, 5.74) is -0.0642. The van der Waals surface area contributed by atoms with E-state index in [1.54, 1.807) is 24.0 Å². The number of nitrogens with one attached hydrogen (secondary N) is 3. The van der Waals surface area contributed by atoms with Gasteiger partial charge in [-0.05, 0) is 57.7 Å². The Morgan fingerprint density at radius 1 is 1.19 bits per heavy atom. The van der Waals surface area contributed by atoms with Gasteiger partial charge in [0.2, 0.25) is 0 Å². The molecule has 174 valence electrons. The van der Waals surface area contributed by atoms with Crippen LogP contribution in [0.15, 0.2) is 18.2 Å². The van der Waals surface area contributed by atoms with Crippen LogP contribution in [0, 0.1) is 11.7 Å². The highest BCUT2D eigenvalue weighted by Crippen LogP contribution is 2.31. The monoisotopic (exact) mass is 447 g/mol. The number of nitrogens with zero attached hydrogens (tertiary/aromatic N) is 2. The summed E-state index contributed by atoms with van der Waals surface area (Å²) in [6, 6.07) is 3.93. The fraction of sp³-hybridized carbons (Fsp3) is 0.591. The molecule has 3 aliphatic rings. The highest BCUT2D eigenvalue weighted by Gasteiger charge is 2.48. The van der Waals surface area contributed by atoms with E-state index in [0.29, 0.717) is 50.4 Å². The predicted molar refractivity (Wildman–Crippen MR) is 117 cm³/mol. The topological polar surface area (TPSA) is 103 Å². The molecule has 3 saturated heterocycles. The van der Waals surface area contributed by atoms with Crippen LogP contribution in [0.2, 0.25) is 0 Å². The third kappa shape index (κ3) is 4.36. The van der Waals surface area contributed by atoms with Gasteiger partial charge >= 0.3 is 12.1 Å². The number of halogens is 1. The molecule has 1 aromatic rings. The SMILES string of the molecule is CC1CN(c2ccc(NC(=O)N3CCC(C4(C)NC(=O)NC4=O)CC3)cc2F)CC(C)O1. The van der Waals surface area contributed by atoms with Crippen LogP contribution in [0.3, 0.4) is 0 Å². The molecule has 32 heavy (non-hydrogen) atoms. The number of morpholine rings is 1. The molecular formula is C22H30FN5O4. The van der Waals surface area contributed by atoms with Crippen molar-refractivity contribution < 1.29 is 23.5 Å². The van der Waals surface area contributed by atoms with Crippen LogP contribution >= 0.6 is 0 Å². The maximum Gasteiger partial charge on any atom is 0.322 e. The second-order valence-corrected chi connectivity index (χ2v) is 9.13. The average molecular weight is 448 g/mol. The summed E-state index contributed by atoms with van der Waals surface area (Å²) in [5, 5.41) is 7.75. The standard InChI is InChI=1S/C22H30FN5O4/c1-13-11-28(12-14(2)32-13)18-5-4-16(10-17(18)23)24-21(31)27-8-6-15(7-9-27)22(3)19(29)25-20(30)26-22/h4-5,10,13-15H,6-9,11-12H2,1-3H3,(H,24,31)(H2,25,26,29,30). The fourth-order valence-electron chi connectivity index (χ4n) is 4.92. The van der Waals surface area contributed by atoms with Crippen molar-refractivity contribution in [1.82, 2.24) is 15.5 Å². The molecule has 3 fully saturated rings. The number of likely N-dealkylation sites (tertiary alicyclic amines) is 1. The van der Waals surface area contributed by atoms with Gasteiger partial charge in [0.05, 0.1) is 17.9 Å². The zero-order valence-corrected chi connectivity index (χ0v) is 18.6. The van der Waals surface area contributed by atoms with Crippen molar-refractivity contribution in [3.63, 3.8) is 0 Å². The highest BCUT2D eigenvalue weighted by atomic mass is 19.1. The maximum absolute atomic E-state index is 14.8. The van der Waals surface area contributed by atoms with Crippen LogP contribution in [-0.2, 0) is 9.53 Å². The smallest absolute Gasteiger partial charge is 0.322 e. The quantitative estimate of drug-likeness (QED) is 0.617. The van der Waals surface area contributed by atoms with Crippen molar-refractivity contribution in [2.24, 2.45) is 5.92 Å². The van der Waals surface area contributed by atoms with Gasteiger partial charge in [0.1, 0.15) is 11.4 Å². The molecule has 10 heteroatoms. The molecule has 9 nitrogen and oxygen atoms in total. The van der Waals surface area contributed by atoms with Crippen LogP contribution in [0.4, 0.5) is 25.4 Å². The van der Waals surface area contributed by atoms with Gasteiger partial charge in [0.15, 0.2) is 0 Å². The van der Waals surface area contributed by atoms with Crippen molar-refractivity contribution in [1.29, 1.82) is 0 Å². The first-order chi connectivity index (χ1) is 15.2. The van der Waals surface area contributed by atoms with E-state index in [1.165, 1.54) is 6.07 Å². The number of hydrogen-bond donors (Lipinski definition) is 3. The molecule has 3 unspecified atom stereocenters. The number of carbonyl (C=O) groups is 3. The Labute approximate surface area is 186 Å². The molecule has 0 spiro atoms. The zero-order chi connectivity index (χ0) is 23.0. The zero-order valence-electron chi connectivity index (χ0n) is 18.6. The van der Waals surface area contributed by atoms with Crippen LogP contribution in [0.5, 0.6) is 0 Å². The number of anilines is 2. The lowest BCUT2D eigenvalue weighted by Crippen LogP contribution is -2.54. The van der Waals surface area contributed by atoms with E-state index in [2.05, 4.69) is 16.0 Å². The maximum atomic E-state index is 14.8. The van der Waals surface area contributed by atoms with Crippen LogP contribution in [0.1, 0.15) is 33.6 Å². The Morgan fingerprint density at radius 3 is 2.41 bits per heavy atom. The van der Waals surface area contributed by atoms with Gasteiger partial charge in [-0.25, -0.2) is 14.0 Å². The molecule has 3 heterocycles. The average Bonchev–Trinajstić information content (AvgIpc) is 2.99. The van der Waals surface area contributed by atoms with E-state index in [-0.39, 0.29) is 30.1 Å².